The van der Waals surface area contributed by atoms with Crippen molar-refractivity contribution < 1.29 is 13.2 Å². The summed E-state index contributed by atoms with van der Waals surface area (Å²) in [4.78, 5) is 13.7. The van der Waals surface area contributed by atoms with E-state index in [1.807, 2.05) is 30.3 Å². The highest BCUT2D eigenvalue weighted by molar-refractivity contribution is 7.91. The van der Waals surface area contributed by atoms with Gasteiger partial charge in [-0.15, -0.1) is 0 Å². The summed E-state index contributed by atoms with van der Waals surface area (Å²) in [5, 5.41) is 0. The predicted octanol–water partition coefficient (Wildman–Crippen LogP) is 1.26. The minimum atomic E-state index is -2.93. The van der Waals surface area contributed by atoms with E-state index in [0.717, 1.165) is 5.56 Å². The van der Waals surface area contributed by atoms with Crippen molar-refractivity contribution in [3.05, 3.63) is 35.9 Å². The number of nitrogens with zero attached hydrogens (tertiary/aromatic N) is 1. The molecule has 5 heteroatoms. The molecule has 1 atom stereocenters. The Balaban J connectivity index is 1.87. The fraction of sp³-hybridized carbons (Fsp3) is 0.500. The van der Waals surface area contributed by atoms with Crippen LogP contribution >= 0.6 is 0 Å². The van der Waals surface area contributed by atoms with Gasteiger partial charge in [0, 0.05) is 19.5 Å². The molecular formula is C14H19NO3S. The Morgan fingerprint density at radius 3 is 2.58 bits per heavy atom. The number of rotatable bonds is 4. The summed E-state index contributed by atoms with van der Waals surface area (Å²) >= 11 is 0. The van der Waals surface area contributed by atoms with Gasteiger partial charge < -0.3 is 4.90 Å². The van der Waals surface area contributed by atoms with Gasteiger partial charge in [-0.2, -0.15) is 0 Å². The van der Waals surface area contributed by atoms with Crippen molar-refractivity contribution in [2.75, 3.05) is 18.6 Å². The van der Waals surface area contributed by atoms with E-state index in [1.165, 1.54) is 0 Å². The second kappa shape index (κ2) is 5.74. The van der Waals surface area contributed by atoms with Crippen molar-refractivity contribution in [1.29, 1.82) is 0 Å². The van der Waals surface area contributed by atoms with Crippen LogP contribution in [0.4, 0.5) is 0 Å². The van der Waals surface area contributed by atoms with Crippen LogP contribution in [-0.4, -0.2) is 43.8 Å². The molecule has 0 bridgehead atoms. The van der Waals surface area contributed by atoms with E-state index in [1.54, 1.807) is 11.9 Å². The fourth-order valence-electron chi connectivity index (χ4n) is 2.36. The first-order valence-electron chi connectivity index (χ1n) is 6.48. The van der Waals surface area contributed by atoms with Crippen LogP contribution in [0.5, 0.6) is 0 Å². The molecule has 1 amide bonds. The molecule has 19 heavy (non-hydrogen) atoms. The van der Waals surface area contributed by atoms with E-state index in [4.69, 9.17) is 0 Å². The van der Waals surface area contributed by atoms with Crippen LogP contribution in [0, 0.1) is 0 Å². The molecule has 1 aliphatic rings. The molecule has 0 radical (unpaired) electrons. The first kappa shape index (κ1) is 14.1. The number of aryl methyl sites for hydroxylation is 1. The number of carbonyl (C=O) groups excluding carboxylic acids is 1. The molecular weight excluding hydrogens is 262 g/mol. The molecule has 104 valence electrons. The standard InChI is InChI=1S/C14H19NO3S/c1-15(13-9-10-19(17,18)11-13)14(16)8-7-12-5-3-2-4-6-12/h2-6,13H,7-11H2,1H3/t13-/m0/s1. The lowest BCUT2D eigenvalue weighted by atomic mass is 10.1. The third-order valence-corrected chi connectivity index (χ3v) is 5.37. The van der Waals surface area contributed by atoms with E-state index in [2.05, 4.69) is 0 Å². The van der Waals surface area contributed by atoms with Crippen LogP contribution in [0.3, 0.4) is 0 Å². The van der Waals surface area contributed by atoms with Gasteiger partial charge in [-0.25, -0.2) is 8.42 Å². The fourth-order valence-corrected chi connectivity index (χ4v) is 4.13. The highest BCUT2D eigenvalue weighted by atomic mass is 32.2. The lowest BCUT2D eigenvalue weighted by molar-refractivity contribution is -0.131. The van der Waals surface area contributed by atoms with Crippen LogP contribution in [0.1, 0.15) is 18.4 Å². The number of sulfone groups is 1. The average Bonchev–Trinajstić information content (AvgIpc) is 2.76. The highest BCUT2D eigenvalue weighted by Gasteiger charge is 2.32. The molecule has 1 aromatic carbocycles. The Kier molecular flexibility index (Phi) is 4.24. The molecule has 4 nitrogen and oxygen atoms in total. The van der Waals surface area contributed by atoms with Crippen molar-refractivity contribution in [3.63, 3.8) is 0 Å². The SMILES string of the molecule is CN(C(=O)CCc1ccccc1)[C@H]1CCS(=O)(=O)C1. The first-order chi connectivity index (χ1) is 8.98. The van der Waals surface area contributed by atoms with Gasteiger partial charge in [0.2, 0.25) is 5.91 Å². The molecule has 1 heterocycles. The quantitative estimate of drug-likeness (QED) is 0.835. The minimum absolute atomic E-state index is 0.0194. The summed E-state index contributed by atoms with van der Waals surface area (Å²) in [7, 11) is -1.23. The van der Waals surface area contributed by atoms with Gasteiger partial charge in [-0.1, -0.05) is 30.3 Å². The largest absolute Gasteiger partial charge is 0.342 e. The molecule has 1 saturated heterocycles. The Morgan fingerprint density at radius 1 is 1.32 bits per heavy atom. The summed E-state index contributed by atoms with van der Waals surface area (Å²) in [6, 6.07) is 9.69. The van der Waals surface area contributed by atoms with E-state index in [0.29, 0.717) is 19.3 Å². The van der Waals surface area contributed by atoms with Gasteiger partial charge in [0.05, 0.1) is 11.5 Å². The van der Waals surface area contributed by atoms with Gasteiger partial charge in [0.25, 0.3) is 0 Å². The van der Waals surface area contributed by atoms with Gasteiger partial charge in [-0.05, 0) is 18.4 Å². The average molecular weight is 281 g/mol. The molecule has 0 unspecified atom stereocenters. The topological polar surface area (TPSA) is 54.5 Å². The molecule has 1 aromatic rings. The van der Waals surface area contributed by atoms with E-state index in [9.17, 15) is 13.2 Å². The lowest BCUT2D eigenvalue weighted by Gasteiger charge is -2.23. The van der Waals surface area contributed by atoms with Gasteiger partial charge >= 0.3 is 0 Å². The van der Waals surface area contributed by atoms with Crippen LogP contribution in [0.25, 0.3) is 0 Å². The van der Waals surface area contributed by atoms with E-state index in [-0.39, 0.29) is 23.5 Å². The van der Waals surface area contributed by atoms with Crippen LogP contribution in [-0.2, 0) is 21.1 Å². The van der Waals surface area contributed by atoms with Crippen molar-refractivity contribution in [3.8, 4) is 0 Å². The van der Waals surface area contributed by atoms with Crippen LogP contribution < -0.4 is 0 Å². The zero-order valence-electron chi connectivity index (χ0n) is 11.1. The zero-order valence-corrected chi connectivity index (χ0v) is 11.9. The molecule has 1 fully saturated rings. The lowest BCUT2D eigenvalue weighted by Crippen LogP contribution is -2.37. The van der Waals surface area contributed by atoms with Crippen molar-refractivity contribution in [1.82, 2.24) is 4.90 Å². The van der Waals surface area contributed by atoms with Gasteiger partial charge in [0.15, 0.2) is 9.84 Å². The number of amides is 1. The summed E-state index contributed by atoms with van der Waals surface area (Å²) in [6.45, 7) is 0. The summed E-state index contributed by atoms with van der Waals surface area (Å²) in [5.41, 5.74) is 1.13. The Bertz CT molecular complexity index is 539. The normalized spacial score (nSPS) is 21.2. The second-order valence-electron chi connectivity index (χ2n) is 5.05. The molecule has 0 aliphatic carbocycles. The Labute approximate surface area is 114 Å². The van der Waals surface area contributed by atoms with Crippen molar-refractivity contribution in [2.24, 2.45) is 0 Å². The number of benzene rings is 1. The predicted molar refractivity (Wildman–Crippen MR) is 74.6 cm³/mol. The second-order valence-corrected chi connectivity index (χ2v) is 7.28. The summed E-state index contributed by atoms with van der Waals surface area (Å²) < 4.78 is 22.8. The van der Waals surface area contributed by atoms with E-state index >= 15 is 0 Å². The van der Waals surface area contributed by atoms with Crippen LogP contribution in [0.2, 0.25) is 0 Å². The van der Waals surface area contributed by atoms with Gasteiger partial charge in [0.1, 0.15) is 0 Å². The maximum atomic E-state index is 12.0. The molecule has 1 aliphatic heterocycles. The molecule has 0 spiro atoms. The Hall–Kier alpha value is -1.36. The molecule has 2 rings (SSSR count). The van der Waals surface area contributed by atoms with Crippen LogP contribution in [0.15, 0.2) is 30.3 Å². The molecule has 0 aromatic heterocycles. The first-order valence-corrected chi connectivity index (χ1v) is 8.30. The van der Waals surface area contributed by atoms with Crippen molar-refractivity contribution in [2.45, 2.75) is 25.3 Å². The number of carbonyl (C=O) groups is 1. The maximum Gasteiger partial charge on any atom is 0.222 e. The third-order valence-electron chi connectivity index (χ3n) is 3.62. The summed E-state index contributed by atoms with van der Waals surface area (Å²) in [6.07, 6.45) is 1.69. The van der Waals surface area contributed by atoms with E-state index < -0.39 is 9.84 Å². The Morgan fingerprint density at radius 2 is 2.00 bits per heavy atom. The summed E-state index contributed by atoms with van der Waals surface area (Å²) in [5.74, 6) is 0.333. The number of hydrogen-bond donors (Lipinski definition) is 0. The third kappa shape index (κ3) is 3.80. The van der Waals surface area contributed by atoms with Gasteiger partial charge in [-0.3, -0.25) is 4.79 Å². The maximum absolute atomic E-state index is 12.0. The minimum Gasteiger partial charge on any atom is -0.342 e. The highest BCUT2D eigenvalue weighted by Crippen LogP contribution is 2.17. The monoisotopic (exact) mass is 281 g/mol. The molecule has 0 N–H and O–H groups in total. The smallest absolute Gasteiger partial charge is 0.222 e. The zero-order chi connectivity index (χ0) is 13.9. The van der Waals surface area contributed by atoms with Crippen molar-refractivity contribution >= 4 is 15.7 Å². The molecule has 0 saturated carbocycles. The number of hydrogen-bond acceptors (Lipinski definition) is 3.